The predicted molar refractivity (Wildman–Crippen MR) is 481 cm³/mol. The largest absolute Gasteiger partial charge is 0.466 e. The van der Waals surface area contributed by atoms with Crippen molar-refractivity contribution in [1.29, 1.82) is 0 Å². The maximum absolute atomic E-state index is 11.7. The first-order valence-corrected chi connectivity index (χ1v) is 40.4. The maximum Gasteiger partial charge on any atom is 0.330 e. The Hall–Kier alpha value is -9.84. The Morgan fingerprint density at radius 2 is 0.713 bits per heavy atom. The van der Waals surface area contributed by atoms with Crippen LogP contribution in [0.1, 0.15) is 231 Å². The third kappa shape index (κ3) is 57.8. The van der Waals surface area contributed by atoms with Crippen LogP contribution in [0.2, 0.25) is 0 Å². The van der Waals surface area contributed by atoms with Crippen LogP contribution in [0.3, 0.4) is 0 Å². The molecule has 0 aliphatic carbocycles. The second-order valence-corrected chi connectivity index (χ2v) is 36.8. The van der Waals surface area contributed by atoms with E-state index in [0.29, 0.717) is 87.0 Å². The van der Waals surface area contributed by atoms with Crippen LogP contribution in [-0.4, -0.2) is 79.8 Å². The molecule has 5 N–H and O–H groups in total. The molecule has 0 unspecified atom stereocenters. The van der Waals surface area contributed by atoms with E-state index in [1.807, 2.05) is 66.4 Å². The third-order valence-corrected chi connectivity index (χ3v) is 15.8. The highest BCUT2D eigenvalue weighted by Crippen LogP contribution is 2.30. The molecule has 0 saturated heterocycles. The quantitative estimate of drug-likeness (QED) is 0.0120. The van der Waals surface area contributed by atoms with Crippen molar-refractivity contribution in [3.8, 4) is 0 Å². The fraction of sp³-hybridized carbons (Fsp3) is 0.505. The van der Waals surface area contributed by atoms with Crippen molar-refractivity contribution in [2.45, 2.75) is 237 Å². The van der Waals surface area contributed by atoms with Crippen molar-refractivity contribution in [3.63, 3.8) is 0 Å². The summed E-state index contributed by atoms with van der Waals surface area (Å²) >= 11 is 0. The minimum atomic E-state index is -0.374. The number of nitrogens with one attached hydrogen (secondary N) is 1. The molecule has 7 aromatic rings. The molecule has 18 heteroatoms. The van der Waals surface area contributed by atoms with Crippen LogP contribution in [0.25, 0.3) is 0 Å². The summed E-state index contributed by atoms with van der Waals surface area (Å²) in [6, 6.07) is 57.2. The van der Waals surface area contributed by atoms with Crippen LogP contribution in [0, 0.1) is 58.1 Å². The Kier molecular flexibility index (Phi) is 48.8. The predicted octanol–water partition coefficient (Wildman–Crippen LogP) is 23.7. The SMILES string of the molecule is C=CC(=O)OCC.CC(C)(C)Cc1ccc(N)cc1.CC(C)(C)Cc1ccc([N+](=O)[O-])cc1.CC(C)(C)Cc1ccccc1.CC(C)(C)Cc1ccccc1N.CC(C)(C)Cc1ccccc1[N+](=O)[O-].CCOC(=O)CCN(CCC(=O)OCC)c1ccc(CC(C)(C)C)cc1.CCOC(=O)CCNc1ccc(CC(C)(C)C)cc1. The fourth-order valence-corrected chi connectivity index (χ4v) is 11.3. The summed E-state index contributed by atoms with van der Waals surface area (Å²) in [5.41, 5.74) is 26.1. The van der Waals surface area contributed by atoms with Crippen LogP contribution in [0.15, 0.2) is 189 Å². The number of hydrogen-bond acceptors (Lipinski definition) is 16. The second kappa shape index (κ2) is 53.3. The van der Waals surface area contributed by atoms with E-state index in [0.717, 1.165) is 84.9 Å². The lowest BCUT2D eigenvalue weighted by atomic mass is 9.87. The molecule has 18 nitrogen and oxygen atoms in total. The Labute approximate surface area is 693 Å². The molecule has 7 rings (SSSR count). The van der Waals surface area contributed by atoms with Gasteiger partial charge in [-0.15, -0.1) is 0 Å². The summed E-state index contributed by atoms with van der Waals surface area (Å²) in [6.45, 7) is 59.8. The third-order valence-electron chi connectivity index (χ3n) is 15.8. The number of esters is 4. The average molecular weight is 1590 g/mol. The highest BCUT2D eigenvalue weighted by molar-refractivity contribution is 5.81. The molecule has 0 radical (unpaired) electrons. The number of rotatable bonds is 25. The Morgan fingerprint density at radius 1 is 0.391 bits per heavy atom. The molecule has 0 saturated carbocycles. The molecule has 0 spiro atoms. The lowest BCUT2D eigenvalue weighted by Gasteiger charge is -2.25. The molecular weight excluding hydrogens is 1440 g/mol. The van der Waals surface area contributed by atoms with Gasteiger partial charge in [-0.05, 0) is 186 Å². The van der Waals surface area contributed by atoms with Gasteiger partial charge in [0.25, 0.3) is 11.4 Å². The molecule has 0 fully saturated rings. The number of carbonyl (C=O) groups excluding carboxylic acids is 4. The smallest absolute Gasteiger partial charge is 0.330 e. The standard InChI is InChI=1S/C21H33NO4.C16H25NO2.2C11H15NO2.2C11H17N.C11H16.C5H8O2/c1-6-25-19(23)12-14-22(15-13-20(24)26-7-2)18-10-8-17(9-11-18)16-21(3,4)5;1-5-19-15(18)10-11-17-14-8-6-13(7-9-14)12-16(2,3)4;1-11(2,3)8-9-4-6-10(7-5-9)12(13)14;1-11(2,3)8-9-6-4-5-7-10(9)12(13)14;1-11(2,3)8-9-4-6-10(12)7-5-9;1-11(2,3)8-9-6-4-5-7-10(9)12;1-11(2,3)9-10-7-5-4-6-8-10;1-3-5(6)7-4-2/h8-11H,6-7,12-16H2,1-5H3;6-9,17H,5,10-12H2,1-4H3;2*4-7H,8H2,1-3H3;2*4-7H,8,12H2,1-3H3;4-8H,9H2,1-3H3;3H,1,4H2,2H3. The summed E-state index contributed by atoms with van der Waals surface area (Å²) in [6.07, 6.45) is 9.16. The van der Waals surface area contributed by atoms with E-state index in [1.165, 1.54) is 27.8 Å². The number of nitrogens with zero attached hydrogens (tertiary/aromatic N) is 3. The lowest BCUT2D eigenvalue weighted by molar-refractivity contribution is -0.385. The lowest BCUT2D eigenvalue weighted by Crippen LogP contribution is -2.29. The van der Waals surface area contributed by atoms with Crippen LogP contribution in [0.5, 0.6) is 0 Å². The number of para-hydroxylation sites is 2. The van der Waals surface area contributed by atoms with Gasteiger partial charge in [0.1, 0.15) is 0 Å². The van der Waals surface area contributed by atoms with Crippen molar-refractivity contribution in [2.24, 2.45) is 37.9 Å². The van der Waals surface area contributed by atoms with E-state index in [1.54, 1.807) is 45.0 Å². The molecule has 0 aliphatic heterocycles. The first-order chi connectivity index (χ1) is 53.3. The van der Waals surface area contributed by atoms with Crippen molar-refractivity contribution in [1.82, 2.24) is 0 Å². The number of anilines is 4. The summed E-state index contributed by atoms with van der Waals surface area (Å²) in [7, 11) is 0. The highest BCUT2D eigenvalue weighted by Gasteiger charge is 2.21. The Morgan fingerprint density at radius 3 is 1.06 bits per heavy atom. The zero-order chi connectivity index (χ0) is 87.8. The number of hydrogen-bond donors (Lipinski definition) is 3. The minimum Gasteiger partial charge on any atom is -0.466 e. The number of nitrogen functional groups attached to an aromatic ring is 2. The minimum absolute atomic E-state index is 0.0755. The van der Waals surface area contributed by atoms with E-state index in [4.69, 9.17) is 25.7 Å². The molecule has 0 atom stereocenters. The topological polar surface area (TPSA) is 259 Å². The van der Waals surface area contributed by atoms with Gasteiger partial charge in [-0.25, -0.2) is 4.79 Å². The van der Waals surface area contributed by atoms with Crippen molar-refractivity contribution >= 4 is 58.0 Å². The van der Waals surface area contributed by atoms with Gasteiger partial charge >= 0.3 is 23.9 Å². The van der Waals surface area contributed by atoms with E-state index in [9.17, 15) is 39.4 Å². The van der Waals surface area contributed by atoms with Crippen LogP contribution in [0.4, 0.5) is 34.1 Å². The first kappa shape index (κ1) is 105. The van der Waals surface area contributed by atoms with E-state index >= 15 is 0 Å². The van der Waals surface area contributed by atoms with Gasteiger partial charge in [0.15, 0.2) is 0 Å². The van der Waals surface area contributed by atoms with Crippen LogP contribution in [-0.2, 0) is 83.1 Å². The molecule has 115 heavy (non-hydrogen) atoms. The van der Waals surface area contributed by atoms with E-state index < -0.39 is 0 Å². The summed E-state index contributed by atoms with van der Waals surface area (Å²) < 4.78 is 19.3. The number of nitro benzene ring substituents is 2. The van der Waals surface area contributed by atoms with Gasteiger partial charge in [0, 0.05) is 72.2 Å². The second-order valence-electron chi connectivity index (χ2n) is 36.8. The normalized spacial score (nSPS) is 11.1. The summed E-state index contributed by atoms with van der Waals surface area (Å²) in [4.78, 5) is 67.1. The zero-order valence-electron chi connectivity index (χ0n) is 74.9. The van der Waals surface area contributed by atoms with Crippen molar-refractivity contribution in [2.75, 3.05) is 67.7 Å². The number of ether oxygens (including phenoxy) is 4. The van der Waals surface area contributed by atoms with Crippen molar-refractivity contribution in [3.05, 3.63) is 248 Å². The number of nitro groups is 2. The van der Waals surface area contributed by atoms with Crippen LogP contribution >= 0.6 is 0 Å². The Bertz CT molecular complexity index is 3860. The average Bonchev–Trinajstić information content (AvgIpc) is 0.893. The van der Waals surface area contributed by atoms with Gasteiger partial charge in [0.05, 0.1) is 55.5 Å². The van der Waals surface area contributed by atoms with E-state index in [-0.39, 0.29) is 61.3 Å². The van der Waals surface area contributed by atoms with Gasteiger partial charge in [-0.1, -0.05) is 267 Å². The molecule has 7 aromatic carbocycles. The fourth-order valence-electron chi connectivity index (χ4n) is 11.3. The van der Waals surface area contributed by atoms with Gasteiger partial charge < -0.3 is 40.6 Å². The zero-order valence-corrected chi connectivity index (χ0v) is 74.9. The molecule has 636 valence electrons. The molecule has 0 amide bonds. The highest BCUT2D eigenvalue weighted by atomic mass is 16.6. The maximum atomic E-state index is 11.7. The molecule has 0 aliphatic rings. The first-order valence-electron chi connectivity index (χ1n) is 40.4. The van der Waals surface area contributed by atoms with Gasteiger partial charge in [0.2, 0.25) is 0 Å². The number of nitrogens with two attached hydrogens (primary N) is 2. The monoisotopic (exact) mass is 1590 g/mol. The molecule has 0 heterocycles. The summed E-state index contributed by atoms with van der Waals surface area (Å²) in [5, 5.41) is 24.3. The Balaban J connectivity index is 0.00000132. The number of non-ortho nitro benzene ring substituents is 1. The number of carbonyl (C=O) groups is 4. The molecule has 0 bridgehead atoms. The number of benzene rings is 7. The van der Waals surface area contributed by atoms with E-state index in [2.05, 4.69) is 259 Å². The summed E-state index contributed by atoms with van der Waals surface area (Å²) in [5.74, 6) is -0.960. The molecule has 0 aromatic heterocycles. The van der Waals surface area contributed by atoms with Crippen LogP contribution < -0.4 is 21.7 Å². The van der Waals surface area contributed by atoms with Gasteiger partial charge in [-0.2, -0.15) is 0 Å². The van der Waals surface area contributed by atoms with Gasteiger partial charge in [-0.3, -0.25) is 34.6 Å². The molecular formula is C97H146N6O12. The van der Waals surface area contributed by atoms with Crippen molar-refractivity contribution < 1.29 is 48.0 Å².